The van der Waals surface area contributed by atoms with Crippen molar-refractivity contribution in [2.45, 2.75) is 133 Å². The van der Waals surface area contributed by atoms with Crippen LogP contribution in [0.3, 0.4) is 0 Å². The number of rotatable bonds is 19. The summed E-state index contributed by atoms with van der Waals surface area (Å²) in [5.41, 5.74) is 0. The van der Waals surface area contributed by atoms with Gasteiger partial charge in [-0.15, -0.1) is 0 Å². The number of hydrogen-bond acceptors (Lipinski definition) is 2. The quantitative estimate of drug-likeness (QED) is 0.122. The van der Waals surface area contributed by atoms with Gasteiger partial charge in [0.1, 0.15) is 0 Å². The van der Waals surface area contributed by atoms with Gasteiger partial charge in [-0.2, -0.15) is 39.5 Å². The highest BCUT2D eigenvalue weighted by atomic mass is 19.4. The van der Waals surface area contributed by atoms with Crippen molar-refractivity contribution in [3.05, 3.63) is 0 Å². The van der Waals surface area contributed by atoms with Crippen LogP contribution in [0, 0.1) is 0 Å². The summed E-state index contributed by atoms with van der Waals surface area (Å²) in [6.07, 6.45) is 3.91. The highest BCUT2D eigenvalue weighted by Gasteiger charge is 2.81. The number of ether oxygens (including phenoxy) is 2. The molecule has 1 atom stereocenters. The van der Waals surface area contributed by atoms with Crippen molar-refractivity contribution in [2.75, 3.05) is 19.8 Å². The van der Waals surface area contributed by atoms with Crippen molar-refractivity contribution < 1.29 is 49.0 Å². The summed E-state index contributed by atoms with van der Waals surface area (Å²) in [6.45, 7) is 2.32. The largest absolute Gasteiger partial charge is 0.460 e. The average molecular weight is 531 g/mol. The molecule has 0 aromatic heterocycles. The third-order valence-corrected chi connectivity index (χ3v) is 6.35. The van der Waals surface area contributed by atoms with E-state index in [2.05, 4.69) is 0 Å². The van der Waals surface area contributed by atoms with Gasteiger partial charge < -0.3 is 9.47 Å². The molecule has 0 amide bonds. The van der Waals surface area contributed by atoms with Gasteiger partial charge in [0.25, 0.3) is 0 Å². The maximum atomic E-state index is 13.4. The maximum absolute atomic E-state index is 13.4. The fourth-order valence-electron chi connectivity index (χ4n) is 4.06. The van der Waals surface area contributed by atoms with Crippen LogP contribution in [0.15, 0.2) is 0 Å². The zero-order valence-electron chi connectivity index (χ0n) is 20.2. The Morgan fingerprint density at radius 2 is 1.11 bits per heavy atom. The van der Waals surface area contributed by atoms with Crippen molar-refractivity contribution in [1.29, 1.82) is 0 Å². The standard InChI is InChI=1S/C24H39F9O2/c25-21(26,22(27,28)23(29,30)24(31,32)33)16-11-8-6-4-2-1-3-5-7-9-12-17-34-19-15-20-14-10-13-18-35-20/h20H,1-19H2. The molecule has 1 rings (SSSR count). The fourth-order valence-corrected chi connectivity index (χ4v) is 4.06. The Balaban J connectivity index is 1.95. The van der Waals surface area contributed by atoms with E-state index in [1.165, 1.54) is 6.42 Å². The van der Waals surface area contributed by atoms with Gasteiger partial charge in [-0.05, 0) is 38.5 Å². The lowest BCUT2D eigenvalue weighted by molar-refractivity contribution is -0.396. The summed E-state index contributed by atoms with van der Waals surface area (Å²) in [5.74, 6) is -18.7. The second kappa shape index (κ2) is 15.5. The van der Waals surface area contributed by atoms with Crippen molar-refractivity contribution in [3.8, 4) is 0 Å². The normalized spacial score (nSPS) is 18.3. The molecule has 0 saturated carbocycles. The van der Waals surface area contributed by atoms with Crippen LogP contribution in [-0.4, -0.2) is 49.9 Å². The van der Waals surface area contributed by atoms with Gasteiger partial charge in [0, 0.05) is 26.2 Å². The Labute approximate surface area is 202 Å². The molecule has 1 aliphatic rings. The van der Waals surface area contributed by atoms with Crippen LogP contribution in [-0.2, 0) is 9.47 Å². The Bertz CT molecular complexity index is 548. The first-order chi connectivity index (χ1) is 16.3. The van der Waals surface area contributed by atoms with Crippen molar-refractivity contribution in [3.63, 3.8) is 0 Å². The number of alkyl halides is 9. The molecule has 0 aromatic carbocycles. The molecule has 0 bridgehead atoms. The maximum Gasteiger partial charge on any atom is 0.460 e. The van der Waals surface area contributed by atoms with Crippen LogP contribution in [0.5, 0.6) is 0 Å². The minimum absolute atomic E-state index is 0.0656. The number of halogens is 9. The van der Waals surface area contributed by atoms with E-state index in [-0.39, 0.29) is 6.42 Å². The van der Waals surface area contributed by atoms with Crippen LogP contribution < -0.4 is 0 Å². The molecular formula is C24H39F9O2. The molecule has 1 heterocycles. The molecular weight excluding hydrogens is 491 g/mol. The van der Waals surface area contributed by atoms with Crippen LogP contribution in [0.2, 0.25) is 0 Å². The molecule has 1 unspecified atom stereocenters. The van der Waals surface area contributed by atoms with Crippen molar-refractivity contribution in [2.24, 2.45) is 0 Å². The van der Waals surface area contributed by atoms with Crippen LogP contribution in [0.1, 0.15) is 103 Å². The highest BCUT2D eigenvalue weighted by Crippen LogP contribution is 2.54. The van der Waals surface area contributed by atoms with E-state index in [1.54, 1.807) is 0 Å². The van der Waals surface area contributed by atoms with E-state index >= 15 is 0 Å². The summed E-state index contributed by atoms with van der Waals surface area (Å²) in [7, 11) is 0. The molecule has 35 heavy (non-hydrogen) atoms. The smallest absolute Gasteiger partial charge is 0.381 e. The van der Waals surface area contributed by atoms with Gasteiger partial charge in [0.05, 0.1) is 6.10 Å². The van der Waals surface area contributed by atoms with Crippen molar-refractivity contribution >= 4 is 0 Å². The monoisotopic (exact) mass is 530 g/mol. The average Bonchev–Trinajstić information content (AvgIpc) is 2.78. The predicted molar refractivity (Wildman–Crippen MR) is 115 cm³/mol. The molecule has 1 fully saturated rings. The first-order valence-electron chi connectivity index (χ1n) is 12.7. The third kappa shape index (κ3) is 11.1. The lowest BCUT2D eigenvalue weighted by Gasteiger charge is -2.33. The molecule has 0 aromatic rings. The fraction of sp³-hybridized carbons (Fsp3) is 1.00. The van der Waals surface area contributed by atoms with Crippen LogP contribution in [0.4, 0.5) is 39.5 Å². The lowest BCUT2D eigenvalue weighted by Crippen LogP contribution is -2.60. The molecule has 11 heteroatoms. The molecule has 1 aliphatic heterocycles. The van der Waals surface area contributed by atoms with Gasteiger partial charge in [0.15, 0.2) is 0 Å². The molecule has 0 spiro atoms. The number of unbranched alkanes of at least 4 members (excludes halogenated alkanes) is 10. The van der Waals surface area contributed by atoms with E-state index in [0.29, 0.717) is 18.9 Å². The van der Waals surface area contributed by atoms with E-state index in [1.807, 2.05) is 0 Å². The second-order valence-corrected chi connectivity index (χ2v) is 9.38. The second-order valence-electron chi connectivity index (χ2n) is 9.38. The Hall–Kier alpha value is -0.710. The topological polar surface area (TPSA) is 18.5 Å². The zero-order valence-corrected chi connectivity index (χ0v) is 20.2. The SMILES string of the molecule is FC(F)(F)C(F)(F)C(F)(F)C(F)(F)CCCCCCCCCCCCCOCCC1CCCCO1. The van der Waals surface area contributed by atoms with E-state index in [4.69, 9.17) is 9.47 Å². The first kappa shape index (κ1) is 32.3. The first-order valence-corrected chi connectivity index (χ1v) is 12.7. The summed E-state index contributed by atoms with van der Waals surface area (Å²) in [6, 6.07) is 0. The Morgan fingerprint density at radius 1 is 0.600 bits per heavy atom. The van der Waals surface area contributed by atoms with E-state index < -0.39 is 36.8 Å². The van der Waals surface area contributed by atoms with Gasteiger partial charge in [-0.1, -0.05) is 57.8 Å². The zero-order chi connectivity index (χ0) is 26.4. The van der Waals surface area contributed by atoms with Gasteiger partial charge in [0.2, 0.25) is 0 Å². The lowest BCUT2D eigenvalue weighted by atomic mass is 9.97. The highest BCUT2D eigenvalue weighted by molar-refractivity contribution is 5.00. The molecule has 0 aliphatic carbocycles. The number of hydrogen-bond donors (Lipinski definition) is 0. The minimum atomic E-state index is -6.79. The molecule has 0 radical (unpaired) electrons. The summed E-state index contributed by atoms with van der Waals surface area (Å²) < 4.78 is 126. The molecule has 1 saturated heterocycles. The third-order valence-electron chi connectivity index (χ3n) is 6.35. The Morgan fingerprint density at radius 3 is 1.60 bits per heavy atom. The van der Waals surface area contributed by atoms with E-state index in [9.17, 15) is 39.5 Å². The van der Waals surface area contributed by atoms with Crippen LogP contribution in [0.25, 0.3) is 0 Å². The van der Waals surface area contributed by atoms with E-state index in [0.717, 1.165) is 84.0 Å². The minimum Gasteiger partial charge on any atom is -0.381 e. The van der Waals surface area contributed by atoms with Crippen LogP contribution >= 0.6 is 0 Å². The van der Waals surface area contributed by atoms with Gasteiger partial charge >= 0.3 is 23.9 Å². The summed E-state index contributed by atoms with van der Waals surface area (Å²) in [5, 5.41) is 0. The molecule has 2 nitrogen and oxygen atoms in total. The van der Waals surface area contributed by atoms with Crippen molar-refractivity contribution in [1.82, 2.24) is 0 Å². The van der Waals surface area contributed by atoms with Gasteiger partial charge in [-0.3, -0.25) is 0 Å². The molecule has 210 valence electrons. The summed E-state index contributed by atoms with van der Waals surface area (Å²) in [4.78, 5) is 0. The summed E-state index contributed by atoms with van der Waals surface area (Å²) >= 11 is 0. The van der Waals surface area contributed by atoms with Gasteiger partial charge in [-0.25, -0.2) is 0 Å². The Kier molecular flexibility index (Phi) is 14.3. The predicted octanol–water partition coefficient (Wildman–Crippen LogP) is 9.11. The molecule has 0 N–H and O–H groups in total.